The third kappa shape index (κ3) is 3.20. The van der Waals surface area contributed by atoms with E-state index in [0.29, 0.717) is 5.76 Å². The van der Waals surface area contributed by atoms with Gasteiger partial charge < -0.3 is 4.43 Å². The molecule has 2 rings (SSSR count). The highest BCUT2D eigenvalue weighted by Crippen LogP contribution is 2.22. The van der Waals surface area contributed by atoms with Gasteiger partial charge in [-0.15, -0.1) is 0 Å². The minimum absolute atomic E-state index is 0.666. The summed E-state index contributed by atoms with van der Waals surface area (Å²) in [5, 5.41) is 1.11. The monoisotopic (exact) mass is 321 g/mol. The van der Waals surface area contributed by atoms with Crippen molar-refractivity contribution in [2.75, 3.05) is 0 Å². The zero-order chi connectivity index (χ0) is 13.3. The van der Waals surface area contributed by atoms with E-state index in [-0.39, 0.29) is 0 Å². The van der Waals surface area contributed by atoms with E-state index in [1.54, 1.807) is 0 Å². The molecule has 0 saturated carbocycles. The van der Waals surface area contributed by atoms with Crippen LogP contribution in [0.1, 0.15) is 5.69 Å². The molecule has 18 heavy (non-hydrogen) atoms. The lowest BCUT2D eigenvalue weighted by Gasteiger charge is -2.20. The van der Waals surface area contributed by atoms with Crippen LogP contribution in [0.5, 0.6) is 0 Å². The number of halogens is 1. The molecule has 2 nitrogen and oxygen atoms in total. The average Bonchev–Trinajstić information content (AvgIpc) is 2.26. The fourth-order valence-corrected chi connectivity index (χ4v) is 2.90. The molecule has 0 unspecified atom stereocenters. The second-order valence-corrected chi connectivity index (χ2v) is 10.5. The van der Waals surface area contributed by atoms with Crippen LogP contribution in [0.25, 0.3) is 16.7 Å². The van der Waals surface area contributed by atoms with Crippen molar-refractivity contribution in [2.45, 2.75) is 19.6 Å². The van der Waals surface area contributed by atoms with Gasteiger partial charge in [-0.2, -0.15) is 0 Å². The van der Waals surface area contributed by atoms with Crippen LogP contribution in [-0.4, -0.2) is 13.3 Å². The number of pyridine rings is 1. The standard InChI is InChI=1S/C14H16BrNOSi/c1-10(17-18(2,3)4)13-7-5-11-9-12(15)6-8-14(11)16-13/h5-9H,1H2,2-4H3. The van der Waals surface area contributed by atoms with E-state index in [4.69, 9.17) is 4.43 Å². The molecule has 1 heterocycles. The molecule has 0 aliphatic heterocycles. The fourth-order valence-electron chi connectivity index (χ4n) is 1.67. The third-order valence-electron chi connectivity index (χ3n) is 2.37. The minimum atomic E-state index is -1.63. The lowest BCUT2D eigenvalue weighted by Crippen LogP contribution is -2.24. The summed E-state index contributed by atoms with van der Waals surface area (Å²) < 4.78 is 6.93. The number of aromatic nitrogens is 1. The molecule has 0 amide bonds. The van der Waals surface area contributed by atoms with E-state index in [1.165, 1.54) is 0 Å². The summed E-state index contributed by atoms with van der Waals surface area (Å²) >= 11 is 3.46. The second kappa shape index (κ2) is 4.86. The fraction of sp³-hybridized carbons (Fsp3) is 0.214. The largest absolute Gasteiger partial charge is 0.543 e. The third-order valence-corrected chi connectivity index (χ3v) is 3.72. The van der Waals surface area contributed by atoms with E-state index in [1.807, 2.05) is 30.3 Å². The van der Waals surface area contributed by atoms with E-state index >= 15 is 0 Å². The van der Waals surface area contributed by atoms with E-state index in [0.717, 1.165) is 21.1 Å². The molecule has 0 fully saturated rings. The van der Waals surface area contributed by atoms with Crippen molar-refractivity contribution in [1.82, 2.24) is 4.98 Å². The van der Waals surface area contributed by atoms with Gasteiger partial charge in [0.1, 0.15) is 11.5 Å². The van der Waals surface area contributed by atoms with Gasteiger partial charge in [0.25, 0.3) is 0 Å². The summed E-state index contributed by atoms with van der Waals surface area (Å²) in [6.45, 7) is 10.4. The highest BCUT2D eigenvalue weighted by molar-refractivity contribution is 9.10. The van der Waals surface area contributed by atoms with Gasteiger partial charge in [0.2, 0.25) is 8.32 Å². The number of fused-ring (bicyclic) bond motifs is 1. The van der Waals surface area contributed by atoms with Crippen molar-refractivity contribution in [3.05, 3.63) is 47.1 Å². The number of hydrogen-bond acceptors (Lipinski definition) is 2. The van der Waals surface area contributed by atoms with Gasteiger partial charge in [-0.3, -0.25) is 0 Å². The van der Waals surface area contributed by atoms with Crippen LogP contribution in [0.2, 0.25) is 19.6 Å². The summed E-state index contributed by atoms with van der Waals surface area (Å²) in [5.74, 6) is 0.666. The normalized spacial score (nSPS) is 11.6. The summed E-state index contributed by atoms with van der Waals surface area (Å²) in [6, 6.07) is 10.0. The molecule has 0 N–H and O–H groups in total. The van der Waals surface area contributed by atoms with Gasteiger partial charge in [-0.1, -0.05) is 28.6 Å². The van der Waals surface area contributed by atoms with Gasteiger partial charge in [0.15, 0.2) is 0 Å². The molecule has 0 aliphatic carbocycles. The van der Waals surface area contributed by atoms with Crippen LogP contribution in [0.3, 0.4) is 0 Å². The molecule has 94 valence electrons. The maximum atomic E-state index is 5.87. The van der Waals surface area contributed by atoms with Crippen molar-refractivity contribution in [3.8, 4) is 0 Å². The molecule has 0 saturated heterocycles. The zero-order valence-electron chi connectivity index (χ0n) is 10.8. The summed E-state index contributed by atoms with van der Waals surface area (Å²) in [6.07, 6.45) is 0. The Morgan fingerprint density at radius 3 is 2.61 bits per heavy atom. The molecule has 4 heteroatoms. The maximum absolute atomic E-state index is 5.87. The van der Waals surface area contributed by atoms with Gasteiger partial charge >= 0.3 is 0 Å². The first-order valence-electron chi connectivity index (χ1n) is 5.80. The van der Waals surface area contributed by atoms with E-state index in [9.17, 15) is 0 Å². The predicted molar refractivity (Wildman–Crippen MR) is 82.9 cm³/mol. The van der Waals surface area contributed by atoms with Crippen molar-refractivity contribution < 1.29 is 4.43 Å². The number of nitrogens with zero attached hydrogens (tertiary/aromatic N) is 1. The van der Waals surface area contributed by atoms with E-state index < -0.39 is 8.32 Å². The Labute approximate surface area is 117 Å². The van der Waals surface area contributed by atoms with Crippen LogP contribution in [0.15, 0.2) is 41.4 Å². The van der Waals surface area contributed by atoms with Crippen LogP contribution in [0, 0.1) is 0 Å². The maximum Gasteiger partial charge on any atom is 0.242 e. The summed E-state index contributed by atoms with van der Waals surface area (Å²) in [4.78, 5) is 4.58. The topological polar surface area (TPSA) is 22.1 Å². The molecule has 0 bridgehead atoms. The highest BCUT2D eigenvalue weighted by atomic mass is 79.9. The average molecular weight is 322 g/mol. The SMILES string of the molecule is C=C(O[Si](C)(C)C)c1ccc2cc(Br)ccc2n1. The van der Waals surface area contributed by atoms with Crippen LogP contribution in [0.4, 0.5) is 0 Å². The zero-order valence-corrected chi connectivity index (χ0v) is 13.4. The van der Waals surface area contributed by atoms with Crippen LogP contribution < -0.4 is 0 Å². The Bertz CT molecular complexity index is 604. The number of benzene rings is 1. The molecular formula is C14H16BrNOSi. The highest BCUT2D eigenvalue weighted by Gasteiger charge is 2.18. The first-order chi connectivity index (χ1) is 8.35. The van der Waals surface area contributed by atoms with Crippen molar-refractivity contribution in [2.24, 2.45) is 0 Å². The Morgan fingerprint density at radius 2 is 1.94 bits per heavy atom. The van der Waals surface area contributed by atoms with E-state index in [2.05, 4.69) is 47.1 Å². The second-order valence-electron chi connectivity index (χ2n) is 5.17. The Hall–Kier alpha value is -1.13. The Morgan fingerprint density at radius 1 is 1.22 bits per heavy atom. The van der Waals surface area contributed by atoms with Gasteiger partial charge in [-0.05, 0) is 43.9 Å². The Balaban J connectivity index is 2.36. The lowest BCUT2D eigenvalue weighted by atomic mass is 10.2. The number of hydrogen-bond donors (Lipinski definition) is 0. The summed E-state index contributed by atoms with van der Waals surface area (Å²) in [5.41, 5.74) is 1.77. The molecule has 0 atom stereocenters. The quantitative estimate of drug-likeness (QED) is 0.597. The molecule has 1 aromatic carbocycles. The molecule has 0 radical (unpaired) electrons. The molecule has 1 aromatic heterocycles. The predicted octanol–water partition coefficient (Wildman–Crippen LogP) is 4.82. The molecule has 0 spiro atoms. The van der Waals surface area contributed by atoms with Gasteiger partial charge in [0, 0.05) is 9.86 Å². The Kier molecular flexibility index (Phi) is 3.59. The molecule has 0 aliphatic rings. The first-order valence-corrected chi connectivity index (χ1v) is 10.00. The number of rotatable bonds is 3. The first kappa shape index (κ1) is 13.3. The van der Waals surface area contributed by atoms with Crippen LogP contribution in [-0.2, 0) is 4.43 Å². The molecule has 2 aromatic rings. The van der Waals surface area contributed by atoms with Gasteiger partial charge in [-0.25, -0.2) is 4.98 Å². The van der Waals surface area contributed by atoms with Gasteiger partial charge in [0.05, 0.1) is 5.52 Å². The smallest absolute Gasteiger partial charge is 0.242 e. The van der Waals surface area contributed by atoms with Crippen molar-refractivity contribution in [1.29, 1.82) is 0 Å². The van der Waals surface area contributed by atoms with Crippen molar-refractivity contribution >= 4 is 40.9 Å². The molecular weight excluding hydrogens is 306 g/mol. The van der Waals surface area contributed by atoms with Crippen LogP contribution >= 0.6 is 15.9 Å². The van der Waals surface area contributed by atoms with Crippen molar-refractivity contribution in [3.63, 3.8) is 0 Å². The lowest BCUT2D eigenvalue weighted by molar-refractivity contribution is 0.514. The minimum Gasteiger partial charge on any atom is -0.543 e. The summed E-state index contributed by atoms with van der Waals surface area (Å²) in [7, 11) is -1.63.